The van der Waals surface area contributed by atoms with Crippen LogP contribution in [0.15, 0.2) is 30.6 Å². The first kappa shape index (κ1) is 15.1. The highest BCUT2D eigenvalue weighted by atomic mass is 15.2. The zero-order valence-corrected chi connectivity index (χ0v) is 14.3. The molecule has 0 saturated heterocycles. The van der Waals surface area contributed by atoms with Crippen molar-refractivity contribution in [2.24, 2.45) is 0 Å². The smallest absolute Gasteiger partial charge is 0.165 e. The lowest BCUT2D eigenvalue weighted by Gasteiger charge is -2.09. The maximum atomic E-state index is 4.83. The highest BCUT2D eigenvalue weighted by Crippen LogP contribution is 2.26. The van der Waals surface area contributed by atoms with Crippen LogP contribution in [0.1, 0.15) is 50.4 Å². The van der Waals surface area contributed by atoms with Crippen molar-refractivity contribution >= 4 is 22.7 Å². The van der Waals surface area contributed by atoms with Gasteiger partial charge in [0.25, 0.3) is 0 Å². The molecule has 5 nitrogen and oxygen atoms in total. The molecule has 4 rings (SSSR count). The Hall–Kier alpha value is -2.43. The summed E-state index contributed by atoms with van der Waals surface area (Å²) in [4.78, 5) is 13.7. The van der Waals surface area contributed by atoms with Crippen molar-refractivity contribution < 1.29 is 0 Å². The summed E-state index contributed by atoms with van der Waals surface area (Å²) in [6.45, 7) is 5.41. The number of nitrogens with one attached hydrogen (secondary N) is 1. The SMILES string of the molecule is CC(C)c1ccc(Nc2ncnc3c2nc2n3CCCCC2)cc1. The molecule has 0 fully saturated rings. The van der Waals surface area contributed by atoms with Crippen molar-refractivity contribution in [2.45, 2.75) is 52.0 Å². The van der Waals surface area contributed by atoms with Crippen LogP contribution in [0, 0.1) is 0 Å². The lowest BCUT2D eigenvalue weighted by Crippen LogP contribution is -2.02. The van der Waals surface area contributed by atoms with Crippen LogP contribution in [0.5, 0.6) is 0 Å². The Balaban J connectivity index is 1.69. The molecule has 1 aliphatic rings. The van der Waals surface area contributed by atoms with E-state index in [2.05, 4.69) is 58.0 Å². The predicted octanol–water partition coefficient (Wildman–Crippen LogP) is 4.42. The number of hydrogen-bond donors (Lipinski definition) is 1. The maximum absolute atomic E-state index is 4.83. The molecule has 5 heteroatoms. The summed E-state index contributed by atoms with van der Waals surface area (Å²) in [5.41, 5.74) is 4.19. The number of anilines is 2. The molecule has 0 spiro atoms. The van der Waals surface area contributed by atoms with E-state index in [4.69, 9.17) is 4.98 Å². The first-order valence-electron chi connectivity index (χ1n) is 8.79. The van der Waals surface area contributed by atoms with Gasteiger partial charge in [-0.05, 0) is 36.5 Å². The molecule has 3 aromatic rings. The van der Waals surface area contributed by atoms with Crippen LogP contribution in [-0.4, -0.2) is 19.5 Å². The molecule has 3 heterocycles. The van der Waals surface area contributed by atoms with E-state index < -0.39 is 0 Å². The number of imidazole rings is 1. The van der Waals surface area contributed by atoms with Gasteiger partial charge in [-0.25, -0.2) is 15.0 Å². The third kappa shape index (κ3) is 2.75. The molecule has 0 bridgehead atoms. The Morgan fingerprint density at radius 2 is 1.88 bits per heavy atom. The van der Waals surface area contributed by atoms with Gasteiger partial charge >= 0.3 is 0 Å². The van der Waals surface area contributed by atoms with Crippen LogP contribution < -0.4 is 5.32 Å². The number of aromatic nitrogens is 4. The number of fused-ring (bicyclic) bond motifs is 3. The van der Waals surface area contributed by atoms with Gasteiger partial charge in [-0.3, -0.25) is 0 Å². The third-order valence-corrected chi connectivity index (χ3v) is 4.73. The summed E-state index contributed by atoms with van der Waals surface area (Å²) >= 11 is 0. The molecule has 1 aromatic carbocycles. The Morgan fingerprint density at radius 1 is 1.04 bits per heavy atom. The second-order valence-electron chi connectivity index (χ2n) is 6.79. The van der Waals surface area contributed by atoms with E-state index in [1.165, 1.54) is 24.8 Å². The maximum Gasteiger partial charge on any atom is 0.165 e. The van der Waals surface area contributed by atoms with Gasteiger partial charge in [0.1, 0.15) is 12.2 Å². The lowest BCUT2D eigenvalue weighted by atomic mass is 10.0. The average Bonchev–Trinajstić information content (AvgIpc) is 2.78. The first-order valence-corrected chi connectivity index (χ1v) is 8.79. The first-order chi connectivity index (χ1) is 11.7. The minimum absolute atomic E-state index is 0.536. The van der Waals surface area contributed by atoms with Gasteiger partial charge in [0.2, 0.25) is 0 Å². The van der Waals surface area contributed by atoms with E-state index in [0.29, 0.717) is 5.92 Å². The Labute approximate surface area is 142 Å². The molecule has 0 saturated carbocycles. The van der Waals surface area contributed by atoms with E-state index in [9.17, 15) is 0 Å². The lowest BCUT2D eigenvalue weighted by molar-refractivity contribution is 0.643. The predicted molar refractivity (Wildman–Crippen MR) is 96.7 cm³/mol. The van der Waals surface area contributed by atoms with E-state index in [1.807, 2.05) is 0 Å². The minimum atomic E-state index is 0.536. The fraction of sp³-hybridized carbons (Fsp3) is 0.421. The molecule has 1 aliphatic heterocycles. The number of nitrogens with zero attached hydrogens (tertiary/aromatic N) is 4. The van der Waals surface area contributed by atoms with E-state index in [-0.39, 0.29) is 0 Å². The van der Waals surface area contributed by atoms with Gasteiger partial charge in [0.05, 0.1) is 0 Å². The molecule has 0 radical (unpaired) electrons. The van der Waals surface area contributed by atoms with Crippen molar-refractivity contribution in [3.63, 3.8) is 0 Å². The van der Waals surface area contributed by atoms with Crippen molar-refractivity contribution in [1.82, 2.24) is 19.5 Å². The summed E-state index contributed by atoms with van der Waals surface area (Å²) in [7, 11) is 0. The van der Waals surface area contributed by atoms with E-state index in [0.717, 1.165) is 41.5 Å². The van der Waals surface area contributed by atoms with Crippen LogP contribution in [0.25, 0.3) is 11.2 Å². The summed E-state index contributed by atoms with van der Waals surface area (Å²) in [6, 6.07) is 8.52. The number of aryl methyl sites for hydroxylation is 2. The number of rotatable bonds is 3. The van der Waals surface area contributed by atoms with E-state index >= 15 is 0 Å². The Morgan fingerprint density at radius 3 is 2.67 bits per heavy atom. The zero-order valence-electron chi connectivity index (χ0n) is 14.3. The van der Waals surface area contributed by atoms with Gasteiger partial charge in [-0.15, -0.1) is 0 Å². The molecule has 0 unspecified atom stereocenters. The number of benzene rings is 1. The fourth-order valence-corrected chi connectivity index (χ4v) is 3.32. The normalized spacial score (nSPS) is 14.6. The molecule has 24 heavy (non-hydrogen) atoms. The summed E-state index contributed by atoms with van der Waals surface area (Å²) in [6.07, 6.45) is 6.33. The molecule has 2 aromatic heterocycles. The second-order valence-corrected chi connectivity index (χ2v) is 6.79. The quantitative estimate of drug-likeness (QED) is 0.776. The van der Waals surface area contributed by atoms with Gasteiger partial charge in [0, 0.05) is 18.7 Å². The number of hydrogen-bond acceptors (Lipinski definition) is 4. The molecular formula is C19H23N5. The van der Waals surface area contributed by atoms with Crippen molar-refractivity contribution in [1.29, 1.82) is 0 Å². The minimum Gasteiger partial charge on any atom is -0.338 e. The van der Waals surface area contributed by atoms with Gasteiger partial charge < -0.3 is 9.88 Å². The molecular weight excluding hydrogens is 298 g/mol. The summed E-state index contributed by atoms with van der Waals surface area (Å²) in [5, 5.41) is 3.41. The van der Waals surface area contributed by atoms with Crippen LogP contribution >= 0.6 is 0 Å². The Kier molecular flexibility index (Phi) is 3.92. The Bertz CT molecular complexity index is 848. The van der Waals surface area contributed by atoms with Crippen LogP contribution in [-0.2, 0) is 13.0 Å². The molecule has 0 atom stereocenters. The topological polar surface area (TPSA) is 55.6 Å². The highest BCUT2D eigenvalue weighted by Gasteiger charge is 2.17. The second kappa shape index (κ2) is 6.23. The van der Waals surface area contributed by atoms with Crippen molar-refractivity contribution in [3.05, 3.63) is 42.0 Å². The summed E-state index contributed by atoms with van der Waals surface area (Å²) < 4.78 is 2.26. The highest BCUT2D eigenvalue weighted by molar-refractivity contribution is 5.85. The molecule has 0 aliphatic carbocycles. The summed E-state index contributed by atoms with van der Waals surface area (Å²) in [5.74, 6) is 2.47. The fourth-order valence-electron chi connectivity index (χ4n) is 3.32. The van der Waals surface area contributed by atoms with Crippen molar-refractivity contribution in [2.75, 3.05) is 5.32 Å². The van der Waals surface area contributed by atoms with Crippen molar-refractivity contribution in [3.8, 4) is 0 Å². The monoisotopic (exact) mass is 321 g/mol. The van der Waals surface area contributed by atoms with Crippen LogP contribution in [0.2, 0.25) is 0 Å². The van der Waals surface area contributed by atoms with E-state index in [1.54, 1.807) is 6.33 Å². The largest absolute Gasteiger partial charge is 0.338 e. The van der Waals surface area contributed by atoms with Gasteiger partial charge in [-0.1, -0.05) is 32.4 Å². The van der Waals surface area contributed by atoms with Crippen LogP contribution in [0.3, 0.4) is 0 Å². The third-order valence-electron chi connectivity index (χ3n) is 4.73. The molecule has 1 N–H and O–H groups in total. The molecule has 124 valence electrons. The van der Waals surface area contributed by atoms with Crippen LogP contribution in [0.4, 0.5) is 11.5 Å². The molecule has 0 amide bonds. The van der Waals surface area contributed by atoms with Gasteiger partial charge in [-0.2, -0.15) is 0 Å². The zero-order chi connectivity index (χ0) is 16.5. The average molecular weight is 321 g/mol. The van der Waals surface area contributed by atoms with Gasteiger partial charge in [0.15, 0.2) is 17.0 Å². The standard InChI is InChI=1S/C19H23N5/c1-13(2)14-7-9-15(10-8-14)22-18-17-19(21-12-20-18)24-11-5-3-4-6-16(24)23-17/h7-10,12-13H,3-6,11H2,1-2H3,(H,20,21,22).